The van der Waals surface area contributed by atoms with Crippen molar-refractivity contribution in [1.29, 1.82) is 0 Å². The van der Waals surface area contributed by atoms with E-state index in [1.807, 2.05) is 6.92 Å². The van der Waals surface area contributed by atoms with E-state index in [0.717, 1.165) is 44.8 Å². The Morgan fingerprint density at radius 3 is 2.60 bits per heavy atom. The van der Waals surface area contributed by atoms with Gasteiger partial charge >= 0.3 is 0 Å². The maximum absolute atomic E-state index is 12.4. The molecule has 1 saturated heterocycles. The van der Waals surface area contributed by atoms with E-state index < -0.39 is 6.43 Å². The predicted molar refractivity (Wildman–Crippen MR) is 76.0 cm³/mol. The molecular formula is C15H28F2N2O. The van der Waals surface area contributed by atoms with E-state index in [0.29, 0.717) is 5.92 Å². The third-order valence-corrected chi connectivity index (χ3v) is 4.46. The summed E-state index contributed by atoms with van der Waals surface area (Å²) in [6.07, 6.45) is 2.57. The first-order valence-corrected chi connectivity index (χ1v) is 7.98. The van der Waals surface area contributed by atoms with E-state index >= 15 is 0 Å². The molecule has 0 aromatic heterocycles. The number of nitrogens with one attached hydrogen (secondary N) is 1. The lowest BCUT2D eigenvalue weighted by atomic mass is 9.88. The Balaban J connectivity index is 1.83. The van der Waals surface area contributed by atoms with Gasteiger partial charge in [0.05, 0.1) is 12.6 Å². The lowest BCUT2D eigenvalue weighted by Gasteiger charge is -2.39. The number of alkyl halides is 2. The molecule has 118 valence electrons. The topological polar surface area (TPSA) is 35.5 Å². The molecule has 0 aromatic carbocycles. The maximum Gasteiger partial charge on any atom is 0.250 e. The Labute approximate surface area is 120 Å². The fourth-order valence-electron chi connectivity index (χ4n) is 3.24. The number of nitrogens with zero attached hydrogens (tertiary/aromatic N) is 1. The van der Waals surface area contributed by atoms with Crippen LogP contribution in [0.15, 0.2) is 0 Å². The van der Waals surface area contributed by atoms with E-state index in [-0.39, 0.29) is 18.7 Å². The van der Waals surface area contributed by atoms with Crippen molar-refractivity contribution < 1.29 is 13.9 Å². The lowest BCUT2D eigenvalue weighted by molar-refractivity contribution is 0.0736. The van der Waals surface area contributed by atoms with Gasteiger partial charge in [-0.25, -0.2) is 8.78 Å². The number of likely N-dealkylation sites (tertiary alicyclic amines) is 1. The molecule has 3 atom stereocenters. The van der Waals surface area contributed by atoms with Gasteiger partial charge in [0, 0.05) is 25.7 Å². The Kier molecular flexibility index (Phi) is 6.18. The molecule has 1 heterocycles. The first-order chi connectivity index (χ1) is 9.56. The quantitative estimate of drug-likeness (QED) is 0.718. The Hall–Kier alpha value is -0.260. The smallest absolute Gasteiger partial charge is 0.250 e. The van der Waals surface area contributed by atoms with E-state index in [4.69, 9.17) is 0 Å². The van der Waals surface area contributed by atoms with Crippen LogP contribution in [0.2, 0.25) is 0 Å². The molecular weight excluding hydrogens is 262 g/mol. The van der Waals surface area contributed by atoms with Crippen molar-refractivity contribution in [3.63, 3.8) is 0 Å². The molecule has 0 bridgehead atoms. The molecule has 20 heavy (non-hydrogen) atoms. The molecule has 2 fully saturated rings. The van der Waals surface area contributed by atoms with E-state index in [1.54, 1.807) is 0 Å². The van der Waals surface area contributed by atoms with Crippen LogP contribution in [-0.4, -0.2) is 54.8 Å². The molecule has 0 spiro atoms. The summed E-state index contributed by atoms with van der Waals surface area (Å²) >= 11 is 0. The van der Waals surface area contributed by atoms with Gasteiger partial charge in [-0.3, -0.25) is 0 Å². The first kappa shape index (κ1) is 16.1. The van der Waals surface area contributed by atoms with Crippen molar-refractivity contribution >= 4 is 0 Å². The standard InChI is InChI=1S/C15H28F2N2O/c1-2-14(20)6-12-5-13(18-7-15(16)17)10-19(9-12)8-11-3-4-11/h11-15,18,20H,2-10H2,1H3. The summed E-state index contributed by atoms with van der Waals surface area (Å²) in [6, 6.07) is 0.144. The summed E-state index contributed by atoms with van der Waals surface area (Å²) in [5, 5.41) is 12.8. The number of piperidine rings is 1. The monoisotopic (exact) mass is 290 g/mol. The molecule has 1 aliphatic heterocycles. The van der Waals surface area contributed by atoms with Crippen molar-refractivity contribution in [1.82, 2.24) is 10.2 Å². The van der Waals surface area contributed by atoms with Gasteiger partial charge in [-0.1, -0.05) is 6.92 Å². The Bertz CT molecular complexity index is 287. The van der Waals surface area contributed by atoms with Crippen LogP contribution in [-0.2, 0) is 0 Å². The van der Waals surface area contributed by atoms with Crippen LogP contribution >= 0.6 is 0 Å². The highest BCUT2D eigenvalue weighted by molar-refractivity contribution is 4.87. The van der Waals surface area contributed by atoms with Crippen molar-refractivity contribution in [2.75, 3.05) is 26.2 Å². The minimum atomic E-state index is -2.28. The number of hydrogen-bond donors (Lipinski definition) is 2. The second-order valence-corrected chi connectivity index (χ2v) is 6.56. The number of aliphatic hydroxyl groups is 1. The highest BCUT2D eigenvalue weighted by Crippen LogP contribution is 2.32. The Morgan fingerprint density at radius 2 is 2.00 bits per heavy atom. The van der Waals surface area contributed by atoms with Crippen LogP contribution in [0.5, 0.6) is 0 Å². The zero-order chi connectivity index (χ0) is 14.5. The number of rotatable bonds is 8. The van der Waals surface area contributed by atoms with Crippen LogP contribution in [0.1, 0.15) is 39.0 Å². The molecule has 1 aliphatic carbocycles. The van der Waals surface area contributed by atoms with Crippen molar-refractivity contribution in [3.8, 4) is 0 Å². The van der Waals surface area contributed by atoms with Crippen LogP contribution in [0.3, 0.4) is 0 Å². The summed E-state index contributed by atoms with van der Waals surface area (Å²) in [4.78, 5) is 2.41. The van der Waals surface area contributed by atoms with Crippen LogP contribution in [0, 0.1) is 11.8 Å². The molecule has 3 unspecified atom stereocenters. The van der Waals surface area contributed by atoms with Crippen molar-refractivity contribution in [2.45, 2.75) is 57.6 Å². The highest BCUT2D eigenvalue weighted by Gasteiger charge is 2.32. The number of aliphatic hydroxyl groups excluding tert-OH is 1. The third-order valence-electron chi connectivity index (χ3n) is 4.46. The summed E-state index contributed by atoms with van der Waals surface area (Å²) in [5.41, 5.74) is 0. The average molecular weight is 290 g/mol. The second-order valence-electron chi connectivity index (χ2n) is 6.56. The third kappa shape index (κ3) is 5.62. The minimum absolute atomic E-state index is 0.144. The summed E-state index contributed by atoms with van der Waals surface area (Å²) in [5.74, 6) is 1.24. The van der Waals surface area contributed by atoms with Gasteiger partial charge in [0.25, 0.3) is 6.43 Å². The summed E-state index contributed by atoms with van der Waals surface area (Å²) < 4.78 is 24.7. The van der Waals surface area contributed by atoms with Gasteiger partial charge in [0.1, 0.15) is 0 Å². The molecule has 2 N–H and O–H groups in total. The first-order valence-electron chi connectivity index (χ1n) is 7.98. The molecule has 0 radical (unpaired) electrons. The second kappa shape index (κ2) is 7.66. The van der Waals surface area contributed by atoms with E-state index in [9.17, 15) is 13.9 Å². The SMILES string of the molecule is CCC(O)CC1CC(NCC(F)F)CN(CC2CC2)C1. The molecule has 2 aliphatic rings. The highest BCUT2D eigenvalue weighted by atomic mass is 19.3. The van der Waals surface area contributed by atoms with Crippen LogP contribution in [0.4, 0.5) is 8.78 Å². The van der Waals surface area contributed by atoms with Gasteiger partial charge in [0.2, 0.25) is 0 Å². The van der Waals surface area contributed by atoms with Crippen LogP contribution in [0.25, 0.3) is 0 Å². The maximum atomic E-state index is 12.4. The fraction of sp³-hybridized carbons (Fsp3) is 1.00. The number of halogens is 2. The van der Waals surface area contributed by atoms with Crippen molar-refractivity contribution in [2.24, 2.45) is 11.8 Å². The van der Waals surface area contributed by atoms with Crippen LogP contribution < -0.4 is 5.32 Å². The molecule has 0 amide bonds. The molecule has 3 nitrogen and oxygen atoms in total. The molecule has 1 saturated carbocycles. The van der Waals surface area contributed by atoms with Gasteiger partial charge in [-0.05, 0) is 43.9 Å². The molecule has 2 rings (SSSR count). The zero-order valence-corrected chi connectivity index (χ0v) is 12.4. The Morgan fingerprint density at radius 1 is 1.25 bits per heavy atom. The van der Waals surface area contributed by atoms with Gasteiger partial charge in [-0.2, -0.15) is 0 Å². The predicted octanol–water partition coefficient (Wildman–Crippen LogP) is 2.10. The van der Waals surface area contributed by atoms with Gasteiger partial charge in [0.15, 0.2) is 0 Å². The lowest BCUT2D eigenvalue weighted by Crippen LogP contribution is -2.51. The fourth-order valence-corrected chi connectivity index (χ4v) is 3.24. The zero-order valence-electron chi connectivity index (χ0n) is 12.4. The van der Waals surface area contributed by atoms with E-state index in [2.05, 4.69) is 10.2 Å². The average Bonchev–Trinajstić information content (AvgIpc) is 3.20. The van der Waals surface area contributed by atoms with Gasteiger partial charge < -0.3 is 15.3 Å². The molecule has 0 aromatic rings. The van der Waals surface area contributed by atoms with Gasteiger partial charge in [-0.15, -0.1) is 0 Å². The van der Waals surface area contributed by atoms with Crippen molar-refractivity contribution in [3.05, 3.63) is 0 Å². The molecule has 5 heteroatoms. The largest absolute Gasteiger partial charge is 0.393 e. The van der Waals surface area contributed by atoms with E-state index in [1.165, 1.54) is 12.8 Å². The minimum Gasteiger partial charge on any atom is -0.393 e. The summed E-state index contributed by atoms with van der Waals surface area (Å²) in [7, 11) is 0. The normalized spacial score (nSPS) is 29.9. The summed E-state index contributed by atoms with van der Waals surface area (Å²) in [6.45, 7) is 4.76. The number of hydrogen-bond acceptors (Lipinski definition) is 3.